The summed E-state index contributed by atoms with van der Waals surface area (Å²) in [6.45, 7) is 3.77. The summed E-state index contributed by atoms with van der Waals surface area (Å²) < 4.78 is 0. The first kappa shape index (κ1) is 22.9. The summed E-state index contributed by atoms with van der Waals surface area (Å²) in [5, 5.41) is 42.1. The van der Waals surface area contributed by atoms with Crippen molar-refractivity contribution in [2.75, 3.05) is 0 Å². The lowest BCUT2D eigenvalue weighted by molar-refractivity contribution is -0.182. The highest BCUT2D eigenvalue weighted by molar-refractivity contribution is 6.26. The molecule has 4 aliphatic rings. The van der Waals surface area contributed by atoms with Crippen LogP contribution in [0.4, 0.5) is 0 Å². The quantitative estimate of drug-likeness (QED) is 0.477. The largest absolute Gasteiger partial charge is 0.481 e. The van der Waals surface area contributed by atoms with Gasteiger partial charge in [-0.1, -0.05) is 19.4 Å². The number of hydrogen-bond donors (Lipinski definition) is 4. The minimum absolute atomic E-state index is 0.0660. The molecule has 0 aliphatic heterocycles. The predicted molar refractivity (Wildman–Crippen MR) is 111 cm³/mol. The Morgan fingerprint density at radius 2 is 1.87 bits per heavy atom. The molecular formula is C23H31ClO7. The van der Waals surface area contributed by atoms with E-state index in [1.807, 2.05) is 6.92 Å². The van der Waals surface area contributed by atoms with Crippen molar-refractivity contribution in [2.24, 2.45) is 22.7 Å². The molecule has 4 N–H and O–H groups in total. The van der Waals surface area contributed by atoms with Gasteiger partial charge in [0.1, 0.15) is 11.7 Å². The number of aliphatic hydroxyl groups is 3. The van der Waals surface area contributed by atoms with Crippen molar-refractivity contribution >= 4 is 29.1 Å². The Morgan fingerprint density at radius 1 is 1.19 bits per heavy atom. The van der Waals surface area contributed by atoms with Crippen molar-refractivity contribution in [3.05, 3.63) is 11.6 Å². The Kier molecular flexibility index (Phi) is 5.25. The number of fused-ring (bicyclic) bond motifs is 5. The van der Waals surface area contributed by atoms with Crippen LogP contribution in [0, 0.1) is 22.7 Å². The summed E-state index contributed by atoms with van der Waals surface area (Å²) in [5.74, 6) is -2.49. The fourth-order valence-corrected chi connectivity index (χ4v) is 8.07. The summed E-state index contributed by atoms with van der Waals surface area (Å²) in [6, 6.07) is 0. The molecule has 0 radical (unpaired) electrons. The number of ketones is 2. The molecule has 0 heterocycles. The van der Waals surface area contributed by atoms with Crippen molar-refractivity contribution in [2.45, 2.75) is 87.9 Å². The lowest BCUT2D eigenvalue weighted by Crippen LogP contribution is -2.69. The third-order valence-electron chi connectivity index (χ3n) is 9.27. The highest BCUT2D eigenvalue weighted by Gasteiger charge is 2.73. The number of hydrogen-bond acceptors (Lipinski definition) is 6. The van der Waals surface area contributed by atoms with Gasteiger partial charge in [0, 0.05) is 17.3 Å². The first-order valence-corrected chi connectivity index (χ1v) is 11.5. The smallest absolute Gasteiger partial charge is 0.306 e. The molecule has 3 fully saturated rings. The van der Waals surface area contributed by atoms with Crippen molar-refractivity contribution in [3.8, 4) is 0 Å². The lowest BCUT2D eigenvalue weighted by atomic mass is 9.44. The van der Waals surface area contributed by atoms with E-state index in [9.17, 15) is 29.7 Å². The maximum Gasteiger partial charge on any atom is 0.306 e. The van der Waals surface area contributed by atoms with Crippen LogP contribution >= 0.6 is 11.6 Å². The standard InChI is InChI=1S/C23H31ClO7/c1-20-7-5-13(25)9-12(20)3-4-15-14-6-8-22(31,19(30)16(26)10-18(28)29)21(14,2)11-17(27)23(15,20)24/h9,14-17,26-27,31H,3-8,10-11H2,1-2H3,(H,28,29)/t14-,15-,16?,17-,20-,21-,22-,23-/m0/s1. The average Bonchev–Trinajstić information content (AvgIpc) is 2.94. The number of carboxylic acids is 1. The molecule has 172 valence electrons. The van der Waals surface area contributed by atoms with E-state index in [2.05, 4.69) is 0 Å². The van der Waals surface area contributed by atoms with Crippen molar-refractivity contribution in [3.63, 3.8) is 0 Å². The van der Waals surface area contributed by atoms with Crippen LogP contribution in [0.1, 0.15) is 65.2 Å². The third kappa shape index (κ3) is 2.86. The van der Waals surface area contributed by atoms with Gasteiger partial charge in [0.05, 0.1) is 17.4 Å². The van der Waals surface area contributed by atoms with E-state index >= 15 is 0 Å². The van der Waals surface area contributed by atoms with E-state index in [0.717, 1.165) is 5.57 Å². The molecular weight excluding hydrogens is 424 g/mol. The number of carbonyl (C=O) groups excluding carboxylic acids is 2. The summed E-state index contributed by atoms with van der Waals surface area (Å²) in [7, 11) is 0. The molecule has 8 heteroatoms. The maximum atomic E-state index is 13.0. The van der Waals surface area contributed by atoms with Gasteiger partial charge >= 0.3 is 5.97 Å². The Morgan fingerprint density at radius 3 is 2.52 bits per heavy atom. The number of halogens is 1. The minimum atomic E-state index is -1.93. The van der Waals surface area contributed by atoms with Gasteiger partial charge in [0.2, 0.25) is 0 Å². The first-order valence-electron chi connectivity index (χ1n) is 11.1. The fourth-order valence-electron chi connectivity index (χ4n) is 7.51. The van der Waals surface area contributed by atoms with Gasteiger partial charge in [-0.05, 0) is 56.4 Å². The second-order valence-electron chi connectivity index (χ2n) is 10.5. The molecule has 1 unspecified atom stereocenters. The van der Waals surface area contributed by atoms with Gasteiger partial charge in [0.25, 0.3) is 0 Å². The van der Waals surface area contributed by atoms with Gasteiger partial charge < -0.3 is 20.4 Å². The Bertz CT molecular complexity index is 870. The number of rotatable bonds is 4. The van der Waals surface area contributed by atoms with Gasteiger partial charge in [-0.3, -0.25) is 14.4 Å². The molecule has 4 aliphatic carbocycles. The van der Waals surface area contributed by atoms with E-state index in [4.69, 9.17) is 16.7 Å². The number of Topliss-reactive ketones (excluding diaryl/α,β-unsaturated/α-hetero) is 1. The second-order valence-corrected chi connectivity index (χ2v) is 11.1. The fraction of sp³-hybridized carbons (Fsp3) is 0.783. The molecule has 0 aromatic carbocycles. The zero-order chi connectivity index (χ0) is 23.0. The van der Waals surface area contributed by atoms with Crippen LogP contribution in [0.15, 0.2) is 11.6 Å². The van der Waals surface area contributed by atoms with Gasteiger partial charge in [0.15, 0.2) is 11.6 Å². The van der Waals surface area contributed by atoms with E-state index in [-0.39, 0.29) is 30.5 Å². The summed E-state index contributed by atoms with van der Waals surface area (Å²) in [4.78, 5) is 35.0. The number of allylic oxidation sites excluding steroid dienone is 1. The average molecular weight is 455 g/mol. The van der Waals surface area contributed by atoms with E-state index in [0.29, 0.717) is 32.1 Å². The van der Waals surface area contributed by atoms with E-state index in [1.165, 1.54) is 0 Å². The molecule has 0 spiro atoms. The van der Waals surface area contributed by atoms with Gasteiger partial charge in [-0.2, -0.15) is 0 Å². The number of aliphatic hydroxyl groups excluding tert-OH is 2. The number of alkyl halides is 1. The normalized spacial score (nSPS) is 47.6. The molecule has 0 aromatic rings. The topological polar surface area (TPSA) is 132 Å². The van der Waals surface area contributed by atoms with E-state index < -0.39 is 51.7 Å². The SMILES string of the molecule is C[C@]12CCC(=O)C=C1CC[C@H]1[C@@H]3CC[C@](O)(C(=O)C(O)CC(=O)O)[C@@]3(C)C[C@H](O)[C@@]12Cl. The monoisotopic (exact) mass is 454 g/mol. The minimum Gasteiger partial charge on any atom is -0.481 e. The number of carboxylic acid groups (broad SMARTS) is 1. The van der Waals surface area contributed by atoms with Crippen molar-refractivity contribution in [1.29, 1.82) is 0 Å². The summed E-state index contributed by atoms with van der Waals surface area (Å²) >= 11 is 7.33. The molecule has 4 rings (SSSR count). The molecule has 8 atom stereocenters. The summed E-state index contributed by atoms with van der Waals surface area (Å²) in [6.07, 6.45) is 0.975. The van der Waals surface area contributed by atoms with Crippen LogP contribution in [0.3, 0.4) is 0 Å². The zero-order valence-corrected chi connectivity index (χ0v) is 18.7. The van der Waals surface area contributed by atoms with Crippen molar-refractivity contribution < 1.29 is 34.8 Å². The van der Waals surface area contributed by atoms with Gasteiger partial charge in [-0.15, -0.1) is 11.6 Å². The van der Waals surface area contributed by atoms with Crippen LogP contribution in [0.5, 0.6) is 0 Å². The highest BCUT2D eigenvalue weighted by atomic mass is 35.5. The van der Waals surface area contributed by atoms with E-state index in [1.54, 1.807) is 13.0 Å². The van der Waals surface area contributed by atoms with Crippen LogP contribution in [-0.2, 0) is 14.4 Å². The number of carbonyl (C=O) groups is 3. The first-order chi connectivity index (χ1) is 14.3. The lowest BCUT2D eigenvalue weighted by Gasteiger charge is -2.64. The third-order valence-corrected chi connectivity index (χ3v) is 10.2. The van der Waals surface area contributed by atoms with Crippen LogP contribution in [0.2, 0.25) is 0 Å². The predicted octanol–water partition coefficient (Wildman–Crippen LogP) is 1.99. The zero-order valence-electron chi connectivity index (χ0n) is 17.9. The molecule has 0 amide bonds. The van der Waals surface area contributed by atoms with Crippen molar-refractivity contribution in [1.82, 2.24) is 0 Å². The molecule has 7 nitrogen and oxygen atoms in total. The Hall–Kier alpha value is -1.28. The molecule has 31 heavy (non-hydrogen) atoms. The molecule has 0 saturated heterocycles. The Labute approximate surface area is 186 Å². The van der Waals surface area contributed by atoms with Crippen LogP contribution < -0.4 is 0 Å². The maximum absolute atomic E-state index is 13.0. The van der Waals surface area contributed by atoms with Crippen LogP contribution in [-0.4, -0.2) is 60.6 Å². The second kappa shape index (κ2) is 7.11. The molecule has 0 aromatic heterocycles. The highest BCUT2D eigenvalue weighted by Crippen LogP contribution is 2.71. The Balaban J connectivity index is 1.73. The molecule has 3 saturated carbocycles. The number of aliphatic carboxylic acids is 1. The van der Waals surface area contributed by atoms with Gasteiger partial charge in [-0.25, -0.2) is 0 Å². The van der Waals surface area contributed by atoms with Crippen LogP contribution in [0.25, 0.3) is 0 Å². The molecule has 0 bridgehead atoms. The summed E-state index contributed by atoms with van der Waals surface area (Å²) in [5.41, 5.74) is -2.54.